The van der Waals surface area contributed by atoms with E-state index in [1.807, 2.05) is 12.3 Å². The zero-order chi connectivity index (χ0) is 23.1. The van der Waals surface area contributed by atoms with Crippen LogP contribution >= 0.6 is 0 Å². The van der Waals surface area contributed by atoms with Crippen LogP contribution in [0.5, 0.6) is 0 Å². The number of carbonyl (C=O) groups excluding carboxylic acids is 1. The van der Waals surface area contributed by atoms with Crippen molar-refractivity contribution in [1.82, 2.24) is 14.5 Å². The molecule has 1 amide bonds. The number of nitrogens with two attached hydrogens (primary N) is 1. The average molecular weight is 455 g/mol. The van der Waals surface area contributed by atoms with Crippen LogP contribution in [-0.4, -0.2) is 20.4 Å². The molecule has 0 aliphatic heterocycles. The van der Waals surface area contributed by atoms with Crippen molar-refractivity contribution in [1.29, 1.82) is 0 Å². The fourth-order valence-corrected chi connectivity index (χ4v) is 7.16. The van der Waals surface area contributed by atoms with Gasteiger partial charge in [-0.25, -0.2) is 4.98 Å². The first kappa shape index (κ1) is 21.5. The molecule has 4 aromatic rings. The van der Waals surface area contributed by atoms with Gasteiger partial charge in [0.15, 0.2) is 0 Å². The summed E-state index contributed by atoms with van der Waals surface area (Å²) in [5, 5.41) is 1.13. The molecule has 0 saturated heterocycles. The third-order valence-corrected chi connectivity index (χ3v) is 8.62. The van der Waals surface area contributed by atoms with E-state index in [2.05, 4.69) is 52.0 Å². The number of amides is 1. The number of rotatable bonds is 5. The van der Waals surface area contributed by atoms with E-state index in [4.69, 9.17) is 10.7 Å². The van der Waals surface area contributed by atoms with Crippen molar-refractivity contribution >= 4 is 27.8 Å². The molecule has 2 aliphatic carbocycles. The summed E-state index contributed by atoms with van der Waals surface area (Å²) in [6.45, 7) is 0. The maximum absolute atomic E-state index is 13.9. The largest absolute Gasteiger partial charge is 0.368 e. The molecule has 0 unspecified atom stereocenters. The molecular formula is C29H34N4O. The van der Waals surface area contributed by atoms with Gasteiger partial charge >= 0.3 is 0 Å². The second kappa shape index (κ2) is 8.61. The Morgan fingerprint density at radius 1 is 0.882 bits per heavy atom. The van der Waals surface area contributed by atoms with Crippen LogP contribution in [0.2, 0.25) is 0 Å². The van der Waals surface area contributed by atoms with E-state index in [1.54, 1.807) is 0 Å². The van der Waals surface area contributed by atoms with Gasteiger partial charge in [0.05, 0.1) is 11.0 Å². The number of hydrogen-bond acceptors (Lipinski definition) is 2. The molecule has 0 bridgehead atoms. The number of H-pyrrole nitrogens is 1. The lowest BCUT2D eigenvalue weighted by atomic mass is 9.63. The number of para-hydroxylation sites is 2. The predicted molar refractivity (Wildman–Crippen MR) is 137 cm³/mol. The molecule has 5 heteroatoms. The summed E-state index contributed by atoms with van der Waals surface area (Å²) in [6.07, 6.45) is 13.4. The van der Waals surface area contributed by atoms with E-state index in [0.29, 0.717) is 0 Å². The Labute approximate surface area is 200 Å². The van der Waals surface area contributed by atoms with Crippen LogP contribution in [0, 0.1) is 11.8 Å². The minimum atomic E-state index is -0.759. The van der Waals surface area contributed by atoms with Gasteiger partial charge in [0.2, 0.25) is 5.91 Å². The molecule has 5 nitrogen and oxygen atoms in total. The van der Waals surface area contributed by atoms with Gasteiger partial charge in [-0.05, 0) is 61.8 Å². The molecule has 0 spiro atoms. The Morgan fingerprint density at radius 2 is 1.56 bits per heavy atom. The van der Waals surface area contributed by atoms with Crippen molar-refractivity contribution in [2.75, 3.05) is 0 Å². The van der Waals surface area contributed by atoms with Gasteiger partial charge in [-0.1, -0.05) is 62.8 Å². The fraction of sp³-hybridized carbons (Fsp3) is 0.448. The molecule has 2 fully saturated rings. The maximum atomic E-state index is 13.9. The van der Waals surface area contributed by atoms with Crippen LogP contribution in [0.3, 0.4) is 0 Å². The summed E-state index contributed by atoms with van der Waals surface area (Å²) >= 11 is 0. The summed E-state index contributed by atoms with van der Waals surface area (Å²) in [5.41, 5.74) is 9.90. The molecule has 176 valence electrons. The van der Waals surface area contributed by atoms with Crippen molar-refractivity contribution in [3.05, 3.63) is 54.7 Å². The molecule has 0 atom stereocenters. The van der Waals surface area contributed by atoms with Crippen LogP contribution < -0.4 is 5.73 Å². The predicted octanol–water partition coefficient (Wildman–Crippen LogP) is 6.53. The van der Waals surface area contributed by atoms with E-state index >= 15 is 0 Å². The van der Waals surface area contributed by atoms with E-state index in [9.17, 15) is 4.79 Å². The molecule has 2 heterocycles. The van der Waals surface area contributed by atoms with Crippen LogP contribution in [0.15, 0.2) is 54.7 Å². The molecule has 2 saturated carbocycles. The number of hydrogen-bond donors (Lipinski definition) is 2. The number of carbonyl (C=O) groups is 1. The van der Waals surface area contributed by atoms with Crippen molar-refractivity contribution < 1.29 is 4.79 Å². The number of benzene rings is 2. The minimum absolute atomic E-state index is 0.169. The Balaban J connectivity index is 1.70. The minimum Gasteiger partial charge on any atom is -0.368 e. The van der Waals surface area contributed by atoms with E-state index in [-0.39, 0.29) is 17.7 Å². The summed E-state index contributed by atoms with van der Waals surface area (Å²) in [6, 6.07) is 16.7. The second-order valence-corrected chi connectivity index (χ2v) is 10.4. The molecule has 0 radical (unpaired) electrons. The van der Waals surface area contributed by atoms with E-state index in [0.717, 1.165) is 59.0 Å². The molecule has 6 rings (SSSR count). The van der Waals surface area contributed by atoms with Crippen LogP contribution in [0.25, 0.3) is 33.3 Å². The second-order valence-electron chi connectivity index (χ2n) is 10.4. The summed E-state index contributed by atoms with van der Waals surface area (Å²) in [7, 11) is 0. The summed E-state index contributed by atoms with van der Waals surface area (Å²) < 4.78 is 2.32. The molecule has 2 aromatic heterocycles. The number of primary amides is 1. The maximum Gasteiger partial charge on any atom is 0.244 e. The normalized spacial score (nSPS) is 18.6. The van der Waals surface area contributed by atoms with Gasteiger partial charge < -0.3 is 15.3 Å². The summed E-state index contributed by atoms with van der Waals surface area (Å²) in [5.74, 6) is 1.19. The SMILES string of the molecule is NC(=O)C(C1CCCCC1)(C1CCCCC1)n1c(-c2cccc3[nH]ccc23)nc2ccccc21. The van der Waals surface area contributed by atoms with Crippen LogP contribution in [0.1, 0.15) is 64.2 Å². The number of fused-ring (bicyclic) bond motifs is 2. The van der Waals surface area contributed by atoms with Gasteiger partial charge in [-0.3, -0.25) is 4.79 Å². The van der Waals surface area contributed by atoms with Crippen molar-refractivity contribution in [2.24, 2.45) is 17.6 Å². The monoisotopic (exact) mass is 454 g/mol. The van der Waals surface area contributed by atoms with E-state index in [1.165, 1.54) is 38.5 Å². The number of nitrogens with one attached hydrogen (secondary N) is 1. The lowest BCUT2D eigenvalue weighted by molar-refractivity contribution is -0.135. The molecule has 2 aliphatic rings. The third kappa shape index (κ3) is 3.20. The fourth-order valence-electron chi connectivity index (χ4n) is 7.16. The highest BCUT2D eigenvalue weighted by molar-refractivity contribution is 5.97. The van der Waals surface area contributed by atoms with Crippen molar-refractivity contribution in [3.63, 3.8) is 0 Å². The molecule has 3 N–H and O–H groups in total. The number of nitrogens with zero attached hydrogens (tertiary/aromatic N) is 2. The molecule has 2 aromatic carbocycles. The highest BCUT2D eigenvalue weighted by Crippen LogP contribution is 2.50. The Morgan fingerprint density at radius 3 is 2.24 bits per heavy atom. The molecular weight excluding hydrogens is 420 g/mol. The van der Waals surface area contributed by atoms with Crippen LogP contribution in [-0.2, 0) is 10.3 Å². The van der Waals surface area contributed by atoms with E-state index < -0.39 is 5.54 Å². The van der Waals surface area contributed by atoms with Gasteiger partial charge in [0, 0.05) is 22.7 Å². The smallest absolute Gasteiger partial charge is 0.244 e. The number of aromatic nitrogens is 3. The van der Waals surface area contributed by atoms with Gasteiger partial charge in [0.25, 0.3) is 0 Å². The molecule has 34 heavy (non-hydrogen) atoms. The van der Waals surface area contributed by atoms with Gasteiger partial charge in [-0.15, -0.1) is 0 Å². The van der Waals surface area contributed by atoms with Gasteiger partial charge in [0.1, 0.15) is 11.4 Å². The number of imidazole rings is 1. The zero-order valence-electron chi connectivity index (χ0n) is 19.8. The lowest BCUT2D eigenvalue weighted by Crippen LogP contribution is -2.58. The zero-order valence-corrected chi connectivity index (χ0v) is 19.8. The highest BCUT2D eigenvalue weighted by atomic mass is 16.1. The lowest BCUT2D eigenvalue weighted by Gasteiger charge is -2.48. The Bertz CT molecular complexity index is 1300. The Kier molecular flexibility index (Phi) is 5.43. The van der Waals surface area contributed by atoms with Crippen LogP contribution in [0.4, 0.5) is 0 Å². The van der Waals surface area contributed by atoms with Gasteiger partial charge in [-0.2, -0.15) is 0 Å². The summed E-state index contributed by atoms with van der Waals surface area (Å²) in [4.78, 5) is 22.5. The average Bonchev–Trinajstić information content (AvgIpc) is 3.51. The van der Waals surface area contributed by atoms with Crippen molar-refractivity contribution in [2.45, 2.75) is 69.7 Å². The van der Waals surface area contributed by atoms with Crippen molar-refractivity contribution in [3.8, 4) is 11.4 Å². The number of aromatic amines is 1. The first-order chi connectivity index (χ1) is 16.7. The first-order valence-electron chi connectivity index (χ1n) is 13.1. The third-order valence-electron chi connectivity index (χ3n) is 8.62. The highest BCUT2D eigenvalue weighted by Gasteiger charge is 2.53. The topological polar surface area (TPSA) is 76.7 Å². The standard InChI is InChI=1S/C29H34N4O/c30-28(34)29(20-10-3-1-4-11-20,21-12-5-2-6-13-21)33-26-17-8-7-15-25(26)32-27(33)23-14-9-16-24-22(23)18-19-31-24/h7-9,14-21,31H,1-6,10-13H2,(H2,30,34). The first-order valence-corrected chi connectivity index (χ1v) is 13.1. The Hall–Kier alpha value is -3.08. The quantitative estimate of drug-likeness (QED) is 0.360.